The van der Waals surface area contributed by atoms with Crippen LogP contribution in [0.4, 0.5) is 0 Å². The van der Waals surface area contributed by atoms with Gasteiger partial charge >= 0.3 is 25.7 Å². The molecule has 4 N–H and O–H groups in total. The molecular formula is C36H66NO10P. The first kappa shape index (κ1) is 46.0. The third-order valence-electron chi connectivity index (χ3n) is 7.67. The number of aliphatic carboxylic acids is 1. The van der Waals surface area contributed by atoms with E-state index in [2.05, 4.69) is 42.7 Å². The van der Waals surface area contributed by atoms with E-state index in [1.54, 1.807) is 0 Å². The molecule has 48 heavy (non-hydrogen) atoms. The minimum Gasteiger partial charge on any atom is -0.480 e. The summed E-state index contributed by atoms with van der Waals surface area (Å²) in [5.74, 6) is -2.40. The van der Waals surface area contributed by atoms with E-state index in [1.165, 1.54) is 38.5 Å². The second-order valence-electron chi connectivity index (χ2n) is 12.3. The summed E-state index contributed by atoms with van der Waals surface area (Å²) >= 11 is 0. The molecule has 0 aromatic rings. The Hall–Kier alpha value is -2.04. The van der Waals surface area contributed by atoms with Crippen molar-refractivity contribution in [3.8, 4) is 0 Å². The number of carboxylic acid groups (broad SMARTS) is 1. The molecule has 11 nitrogen and oxygen atoms in total. The van der Waals surface area contributed by atoms with E-state index in [9.17, 15) is 23.8 Å². The topological polar surface area (TPSA) is 172 Å². The number of phosphoric ester groups is 1. The van der Waals surface area contributed by atoms with Crippen LogP contribution in [0.3, 0.4) is 0 Å². The van der Waals surface area contributed by atoms with Crippen LogP contribution in [-0.4, -0.2) is 59.9 Å². The van der Waals surface area contributed by atoms with Crippen LogP contribution in [0.5, 0.6) is 0 Å². The Morgan fingerprint density at radius 1 is 0.625 bits per heavy atom. The number of ether oxygens (including phenoxy) is 2. The van der Waals surface area contributed by atoms with Crippen LogP contribution in [0, 0.1) is 0 Å². The molecule has 12 heteroatoms. The first-order valence-electron chi connectivity index (χ1n) is 18.4. The van der Waals surface area contributed by atoms with Crippen LogP contribution in [-0.2, 0) is 37.5 Å². The average molecular weight is 704 g/mol. The molecule has 3 atom stereocenters. The lowest BCUT2D eigenvalue weighted by Crippen LogP contribution is -2.34. The molecule has 0 aromatic heterocycles. The van der Waals surface area contributed by atoms with Gasteiger partial charge in [-0.1, -0.05) is 102 Å². The minimum absolute atomic E-state index is 0.150. The molecule has 0 amide bonds. The summed E-state index contributed by atoms with van der Waals surface area (Å²) in [6.07, 6.45) is 29.7. The Labute approximate surface area is 290 Å². The molecule has 0 aliphatic heterocycles. The Balaban J connectivity index is 4.50. The van der Waals surface area contributed by atoms with Crippen molar-refractivity contribution < 1.29 is 47.5 Å². The number of esters is 2. The summed E-state index contributed by atoms with van der Waals surface area (Å²) in [5, 5.41) is 8.84. The highest BCUT2D eigenvalue weighted by molar-refractivity contribution is 7.47. The van der Waals surface area contributed by atoms with Crippen molar-refractivity contribution in [3.63, 3.8) is 0 Å². The molecule has 0 rings (SSSR count). The van der Waals surface area contributed by atoms with Crippen LogP contribution in [0.15, 0.2) is 24.3 Å². The standard InChI is InChI=1S/C36H66NO10P/c1-3-5-7-9-11-13-15-17-19-21-23-25-27-34(38)44-29-32(30-45-48(42,43)46-31-33(37)36(40)41)47-35(39)28-26-24-22-20-18-16-14-12-10-8-6-4-2/h11-14,32-33H,3-10,15-31,37H2,1-2H3,(H,40,41)(H,42,43)/b13-11-,14-12-. The van der Waals surface area contributed by atoms with Crippen molar-refractivity contribution in [1.29, 1.82) is 0 Å². The number of carbonyl (C=O) groups is 3. The van der Waals surface area contributed by atoms with Crippen LogP contribution in [0.1, 0.15) is 155 Å². The highest BCUT2D eigenvalue weighted by Gasteiger charge is 2.28. The van der Waals surface area contributed by atoms with E-state index in [0.717, 1.165) is 77.0 Å². The van der Waals surface area contributed by atoms with Crippen LogP contribution in [0.2, 0.25) is 0 Å². The maximum Gasteiger partial charge on any atom is 0.472 e. The van der Waals surface area contributed by atoms with Gasteiger partial charge in [-0.25, -0.2) is 4.57 Å². The van der Waals surface area contributed by atoms with Gasteiger partial charge in [0.25, 0.3) is 0 Å². The largest absolute Gasteiger partial charge is 0.480 e. The van der Waals surface area contributed by atoms with Gasteiger partial charge in [0, 0.05) is 12.8 Å². The SMILES string of the molecule is CCCCC/C=C\CCCCCCCC(=O)OCC(COP(=O)(O)OCC(N)C(=O)O)OC(=O)CCCCCCC/C=C\CCCCC. The molecule has 3 unspecified atom stereocenters. The van der Waals surface area contributed by atoms with Crippen LogP contribution >= 0.6 is 7.82 Å². The number of carboxylic acids is 1. The third kappa shape index (κ3) is 31.2. The van der Waals surface area contributed by atoms with E-state index < -0.39 is 51.1 Å². The number of nitrogens with two attached hydrogens (primary N) is 1. The van der Waals surface area contributed by atoms with Crippen LogP contribution < -0.4 is 5.73 Å². The number of rotatable bonds is 34. The summed E-state index contributed by atoms with van der Waals surface area (Å²) < 4.78 is 32.5. The van der Waals surface area contributed by atoms with E-state index >= 15 is 0 Å². The minimum atomic E-state index is -4.71. The van der Waals surface area contributed by atoms with Crippen LogP contribution in [0.25, 0.3) is 0 Å². The maximum atomic E-state index is 12.5. The smallest absolute Gasteiger partial charge is 0.472 e. The number of phosphoric acid groups is 1. The quantitative estimate of drug-likeness (QED) is 0.0253. The zero-order valence-corrected chi connectivity index (χ0v) is 30.7. The van der Waals surface area contributed by atoms with E-state index in [4.69, 9.17) is 24.8 Å². The van der Waals surface area contributed by atoms with Gasteiger partial charge in [-0.2, -0.15) is 0 Å². The van der Waals surface area contributed by atoms with E-state index in [1.807, 2.05) is 0 Å². The monoisotopic (exact) mass is 703 g/mol. The van der Waals surface area contributed by atoms with E-state index in [0.29, 0.717) is 12.8 Å². The second kappa shape index (κ2) is 32.2. The predicted molar refractivity (Wildman–Crippen MR) is 189 cm³/mol. The molecule has 0 radical (unpaired) electrons. The lowest BCUT2D eigenvalue weighted by molar-refractivity contribution is -0.161. The van der Waals surface area contributed by atoms with Gasteiger partial charge in [-0.05, 0) is 64.2 Å². The summed E-state index contributed by atoms with van der Waals surface area (Å²) in [6, 6.07) is -1.52. The first-order valence-corrected chi connectivity index (χ1v) is 19.9. The fourth-order valence-corrected chi connectivity index (χ4v) is 5.48. The number of allylic oxidation sites excluding steroid dienone is 4. The Morgan fingerprint density at radius 2 is 1.04 bits per heavy atom. The third-order valence-corrected chi connectivity index (χ3v) is 8.62. The van der Waals surface area contributed by atoms with Crippen molar-refractivity contribution in [2.45, 2.75) is 167 Å². The fraction of sp³-hybridized carbons (Fsp3) is 0.806. The average Bonchev–Trinajstić information content (AvgIpc) is 3.05. The van der Waals surface area contributed by atoms with Crippen molar-refractivity contribution in [2.24, 2.45) is 5.73 Å². The normalized spacial score (nSPS) is 14.2. The van der Waals surface area contributed by atoms with Gasteiger partial charge < -0.3 is 25.2 Å². The number of hydrogen-bond donors (Lipinski definition) is 3. The second-order valence-corrected chi connectivity index (χ2v) is 13.8. The molecule has 0 heterocycles. The van der Waals surface area contributed by atoms with E-state index in [-0.39, 0.29) is 19.4 Å². The molecule has 0 aliphatic carbocycles. The summed E-state index contributed by atoms with van der Waals surface area (Å²) in [4.78, 5) is 45.6. The summed E-state index contributed by atoms with van der Waals surface area (Å²) in [6.45, 7) is 2.70. The number of hydrogen-bond acceptors (Lipinski definition) is 9. The molecule has 0 saturated heterocycles. The molecule has 0 aromatic carbocycles. The Kier molecular flexibility index (Phi) is 30.8. The maximum absolute atomic E-state index is 12.5. The molecule has 0 spiro atoms. The zero-order chi connectivity index (χ0) is 35.7. The predicted octanol–water partition coefficient (Wildman–Crippen LogP) is 8.72. The number of unbranched alkanes of at least 4 members (excludes halogenated alkanes) is 16. The highest BCUT2D eigenvalue weighted by Crippen LogP contribution is 2.43. The van der Waals surface area contributed by atoms with Crippen molar-refractivity contribution in [2.75, 3.05) is 19.8 Å². The van der Waals surface area contributed by atoms with Gasteiger partial charge in [0.05, 0.1) is 13.2 Å². The van der Waals surface area contributed by atoms with Gasteiger partial charge in [0.1, 0.15) is 12.6 Å². The van der Waals surface area contributed by atoms with Gasteiger partial charge in [-0.15, -0.1) is 0 Å². The zero-order valence-electron chi connectivity index (χ0n) is 29.8. The van der Waals surface area contributed by atoms with Crippen molar-refractivity contribution in [3.05, 3.63) is 24.3 Å². The molecule has 0 bridgehead atoms. The van der Waals surface area contributed by atoms with Gasteiger partial charge in [-0.3, -0.25) is 23.4 Å². The van der Waals surface area contributed by atoms with Crippen molar-refractivity contribution >= 4 is 25.7 Å². The lowest BCUT2D eigenvalue weighted by Gasteiger charge is -2.20. The number of carbonyl (C=O) groups excluding carboxylic acids is 2. The molecule has 0 aliphatic rings. The summed E-state index contributed by atoms with van der Waals surface area (Å²) in [5.41, 5.74) is 5.30. The molecular weight excluding hydrogens is 637 g/mol. The van der Waals surface area contributed by atoms with Gasteiger partial charge in [0.15, 0.2) is 6.10 Å². The lowest BCUT2D eigenvalue weighted by atomic mass is 10.1. The fourth-order valence-electron chi connectivity index (χ4n) is 4.70. The van der Waals surface area contributed by atoms with Crippen molar-refractivity contribution in [1.82, 2.24) is 0 Å². The molecule has 0 fully saturated rings. The highest BCUT2D eigenvalue weighted by atomic mass is 31.2. The first-order chi connectivity index (χ1) is 23.1. The molecule has 280 valence electrons. The Morgan fingerprint density at radius 3 is 1.52 bits per heavy atom. The van der Waals surface area contributed by atoms with Gasteiger partial charge in [0.2, 0.25) is 0 Å². The molecule has 0 saturated carbocycles. The summed E-state index contributed by atoms with van der Waals surface area (Å²) in [7, 11) is -4.71. The Bertz CT molecular complexity index is 926.